The smallest absolute Gasteiger partial charge is 0.293 e. The third-order valence-electron chi connectivity index (χ3n) is 16.6. The van der Waals surface area contributed by atoms with Crippen molar-refractivity contribution in [1.82, 2.24) is 24.5 Å². The molecule has 1 spiro atoms. The van der Waals surface area contributed by atoms with Crippen LogP contribution in [0.25, 0.3) is 11.0 Å². The van der Waals surface area contributed by atoms with Crippen molar-refractivity contribution in [2.45, 2.75) is 87.0 Å². The van der Waals surface area contributed by atoms with Gasteiger partial charge in [-0.3, -0.25) is 24.7 Å². The van der Waals surface area contributed by atoms with Gasteiger partial charge in [-0.15, -0.1) is 0 Å². The van der Waals surface area contributed by atoms with Crippen molar-refractivity contribution in [3.05, 3.63) is 106 Å². The third-order valence-corrected chi connectivity index (χ3v) is 18.0. The Morgan fingerprint density at radius 2 is 1.68 bits per heavy atom. The number of pyridine rings is 1. The van der Waals surface area contributed by atoms with E-state index in [0.717, 1.165) is 95.3 Å². The summed E-state index contributed by atoms with van der Waals surface area (Å²) in [5, 5.41) is 16.3. The van der Waals surface area contributed by atoms with Crippen molar-refractivity contribution < 1.29 is 37.1 Å². The number of morpholine rings is 1. The molecule has 3 aromatic carbocycles. The maximum Gasteiger partial charge on any atom is 0.293 e. The number of carbonyl (C=O) groups excluding carboxylic acids is 1. The molecular formula is C53H63N9O9S. The number of rotatable bonds is 13. The summed E-state index contributed by atoms with van der Waals surface area (Å²) in [6.45, 7) is 9.71. The van der Waals surface area contributed by atoms with Gasteiger partial charge in [-0.25, -0.2) is 13.1 Å². The number of ether oxygens (including phenoxy) is 4. The minimum Gasteiger partial charge on any atom is -0.468 e. The Hall–Kier alpha value is -5.83. The van der Waals surface area contributed by atoms with E-state index in [9.17, 15) is 23.3 Å². The maximum atomic E-state index is 14.6. The van der Waals surface area contributed by atoms with Gasteiger partial charge in [-0.2, -0.15) is 4.98 Å². The molecule has 3 N–H and O–H groups in total. The van der Waals surface area contributed by atoms with Crippen LogP contribution in [0.15, 0.2) is 83.9 Å². The lowest BCUT2D eigenvalue weighted by Gasteiger charge is -2.56. The Balaban J connectivity index is 0.796. The number of H-pyrrole nitrogens is 1. The van der Waals surface area contributed by atoms with Gasteiger partial charge in [0.05, 0.1) is 53.5 Å². The predicted molar refractivity (Wildman–Crippen MR) is 272 cm³/mol. The number of piperidine rings is 1. The molecule has 19 heteroatoms. The fraction of sp³-hybridized carbons (Fsp3) is 0.509. The molecule has 1 aliphatic carbocycles. The molecule has 8 heterocycles. The number of anilines is 4. The highest BCUT2D eigenvalue weighted by Crippen LogP contribution is 2.54. The van der Waals surface area contributed by atoms with Gasteiger partial charge in [0.2, 0.25) is 5.88 Å². The minimum absolute atomic E-state index is 0.112. The molecule has 7 aliphatic rings. The second-order valence-electron chi connectivity index (χ2n) is 20.9. The van der Waals surface area contributed by atoms with E-state index in [-0.39, 0.29) is 28.6 Å². The van der Waals surface area contributed by atoms with E-state index < -0.39 is 37.5 Å². The lowest BCUT2D eigenvalue weighted by molar-refractivity contribution is -0.384. The number of hydrogen-bond acceptors (Lipinski definition) is 15. The number of nitrogens with zero attached hydrogens (tertiary/aromatic N) is 6. The molecule has 1 saturated carbocycles. The van der Waals surface area contributed by atoms with Crippen LogP contribution >= 0.6 is 0 Å². The number of fused-ring (bicyclic) bond motifs is 3. The standard InChI is InChI=1S/C53H63N9O9S/c63-51(57-72(66,67)40-8-10-43(46(28-40)62(64)65)55-31-35-12-22-68-23-13-35)42-9-7-38(27-45(42)61-47-26-36-11-16-54-50(36)56-52(47)71-49-34-70-33-48(49)61)59-18-14-53(15-19-59)29-39(30-53)60-17-3-6-44(60)41-5-2-1-4-37(41)32-58-20-24-69-25-21-58/h1-2,4-5,7-11,16,26-28,35,39,44,48-49,55H,3,6,12-15,17-25,29-34H2,(H,54,56)(H,57,63)/t44-,48+,49+/m0/s1. The average Bonchev–Trinajstić information content (AvgIpc) is 4.19. The van der Waals surface area contributed by atoms with E-state index in [2.05, 4.69) is 54.0 Å². The van der Waals surface area contributed by atoms with Gasteiger partial charge in [-0.05, 0) is 123 Å². The summed E-state index contributed by atoms with van der Waals surface area (Å²) in [4.78, 5) is 43.7. The first-order valence-electron chi connectivity index (χ1n) is 25.8. The van der Waals surface area contributed by atoms with Crippen LogP contribution in [0.4, 0.5) is 28.4 Å². The van der Waals surface area contributed by atoms with Gasteiger partial charge in [0.1, 0.15) is 23.1 Å². The van der Waals surface area contributed by atoms with Crippen LogP contribution in [0.3, 0.4) is 0 Å². The number of hydrogen-bond donors (Lipinski definition) is 3. The van der Waals surface area contributed by atoms with E-state index in [0.29, 0.717) is 68.0 Å². The lowest BCUT2D eigenvalue weighted by atomic mass is 9.59. The molecule has 72 heavy (non-hydrogen) atoms. The van der Waals surface area contributed by atoms with Crippen LogP contribution in [0, 0.1) is 21.4 Å². The number of nitro benzene ring substituents is 1. The zero-order valence-corrected chi connectivity index (χ0v) is 41.3. The first-order chi connectivity index (χ1) is 35.1. The number of sulfonamides is 1. The normalized spacial score (nSPS) is 23.9. The molecule has 0 bridgehead atoms. The maximum absolute atomic E-state index is 14.6. The largest absolute Gasteiger partial charge is 0.468 e. The van der Waals surface area contributed by atoms with Crippen molar-refractivity contribution in [3.63, 3.8) is 0 Å². The molecule has 0 radical (unpaired) electrons. The summed E-state index contributed by atoms with van der Waals surface area (Å²) in [6, 6.07) is 22.9. The Morgan fingerprint density at radius 1 is 0.875 bits per heavy atom. The van der Waals surface area contributed by atoms with Gasteiger partial charge in [0, 0.05) is 87.9 Å². The van der Waals surface area contributed by atoms with E-state index >= 15 is 0 Å². The summed E-state index contributed by atoms with van der Waals surface area (Å²) in [5.74, 6) is -0.228. The predicted octanol–water partition coefficient (Wildman–Crippen LogP) is 7.14. The number of amides is 1. The summed E-state index contributed by atoms with van der Waals surface area (Å²) in [6.07, 6.45) is 9.94. The molecule has 6 aliphatic heterocycles. The molecule has 18 nitrogen and oxygen atoms in total. The van der Waals surface area contributed by atoms with Crippen LogP contribution in [0.2, 0.25) is 0 Å². The summed E-state index contributed by atoms with van der Waals surface area (Å²) >= 11 is 0. The van der Waals surface area contributed by atoms with E-state index in [1.807, 2.05) is 35.4 Å². The van der Waals surface area contributed by atoms with Crippen molar-refractivity contribution in [1.29, 1.82) is 0 Å². The zero-order chi connectivity index (χ0) is 49.0. The van der Waals surface area contributed by atoms with Crippen LogP contribution in [-0.4, -0.2) is 136 Å². The van der Waals surface area contributed by atoms with Crippen LogP contribution in [0.5, 0.6) is 5.88 Å². The van der Waals surface area contributed by atoms with E-state index in [1.54, 1.807) is 6.07 Å². The van der Waals surface area contributed by atoms with Crippen LogP contribution in [-0.2, 0) is 30.8 Å². The molecule has 1 amide bonds. The summed E-state index contributed by atoms with van der Waals surface area (Å²) in [7, 11) is -4.59. The first kappa shape index (κ1) is 47.2. The summed E-state index contributed by atoms with van der Waals surface area (Å²) < 4.78 is 54.0. The fourth-order valence-electron chi connectivity index (χ4n) is 12.6. The first-order valence-corrected chi connectivity index (χ1v) is 27.3. The molecule has 5 saturated heterocycles. The van der Waals surface area contributed by atoms with E-state index in [1.165, 1.54) is 48.9 Å². The minimum atomic E-state index is -4.59. The lowest BCUT2D eigenvalue weighted by Crippen LogP contribution is -2.55. The Morgan fingerprint density at radius 3 is 2.50 bits per heavy atom. The average molecular weight is 1000 g/mol. The molecule has 2 aromatic heterocycles. The SMILES string of the molecule is O=C(NS(=O)(=O)c1ccc(NCC2CCOCC2)c([N+](=O)[O-])c1)c1ccc(N2CCC3(CC2)CC(N2CCC[C@H]2c2ccccc2CN2CCOCC2)C3)cc1N1c2cc3cc[nH]c3nc2O[C@@H]2COC[C@H]21. The molecule has 380 valence electrons. The second kappa shape index (κ2) is 19.5. The highest BCUT2D eigenvalue weighted by Gasteiger charge is 2.50. The number of likely N-dealkylation sites (tertiary alicyclic amines) is 1. The van der Waals surface area contributed by atoms with Crippen LogP contribution < -0.4 is 24.6 Å². The van der Waals surface area contributed by atoms with Crippen molar-refractivity contribution in [2.24, 2.45) is 11.3 Å². The topological polar surface area (TPSA) is 197 Å². The zero-order valence-electron chi connectivity index (χ0n) is 40.5. The fourth-order valence-corrected chi connectivity index (χ4v) is 13.6. The molecule has 6 fully saturated rings. The number of aromatic amines is 1. The van der Waals surface area contributed by atoms with Crippen molar-refractivity contribution in [3.8, 4) is 5.88 Å². The highest BCUT2D eigenvalue weighted by molar-refractivity contribution is 7.90. The molecule has 5 aromatic rings. The van der Waals surface area contributed by atoms with Gasteiger partial charge in [-0.1, -0.05) is 24.3 Å². The number of aromatic nitrogens is 2. The third kappa shape index (κ3) is 9.16. The number of nitrogens with one attached hydrogen (secondary N) is 3. The second-order valence-corrected chi connectivity index (χ2v) is 22.6. The summed E-state index contributed by atoms with van der Waals surface area (Å²) in [5.41, 5.74) is 5.81. The van der Waals surface area contributed by atoms with Gasteiger partial charge in [0.25, 0.3) is 21.6 Å². The highest BCUT2D eigenvalue weighted by atomic mass is 32.2. The van der Waals surface area contributed by atoms with Crippen molar-refractivity contribution >= 4 is 55.4 Å². The molecule has 12 rings (SSSR count). The van der Waals surface area contributed by atoms with E-state index in [4.69, 9.17) is 23.9 Å². The Kier molecular flexibility index (Phi) is 12.8. The van der Waals surface area contributed by atoms with Gasteiger partial charge >= 0.3 is 0 Å². The molecule has 3 atom stereocenters. The number of nitro groups is 1. The Labute approximate surface area is 419 Å². The van der Waals surface area contributed by atoms with Gasteiger partial charge in [0.15, 0.2) is 0 Å². The van der Waals surface area contributed by atoms with Crippen LogP contribution in [0.1, 0.15) is 78.9 Å². The number of carbonyl (C=O) groups is 1. The quantitative estimate of drug-likeness (QED) is 0.0794. The molecule has 0 unspecified atom stereocenters. The Bertz CT molecular complexity index is 2940. The van der Waals surface area contributed by atoms with Gasteiger partial charge < -0.3 is 39.0 Å². The number of benzene rings is 3. The monoisotopic (exact) mass is 1000 g/mol. The van der Waals surface area contributed by atoms with Crippen molar-refractivity contribution in [2.75, 3.05) is 94.0 Å². The molecular weight excluding hydrogens is 939 g/mol.